The maximum atomic E-state index is 13.0. The Morgan fingerprint density at radius 1 is 1.48 bits per heavy atom. The number of nitrogens with one attached hydrogen (secondary N) is 1. The van der Waals surface area contributed by atoms with E-state index in [2.05, 4.69) is 32.8 Å². The molecular formula is C20H23N5O2. The molecule has 5 rings (SSSR count). The number of fused-ring (bicyclic) bond motifs is 1. The molecule has 3 atom stereocenters. The minimum atomic E-state index is -0.494. The summed E-state index contributed by atoms with van der Waals surface area (Å²) in [5.74, 6) is 1.26. The second-order valence-corrected chi connectivity index (χ2v) is 8.48. The first-order valence-electron chi connectivity index (χ1n) is 9.70. The van der Waals surface area contributed by atoms with Gasteiger partial charge in [0.15, 0.2) is 0 Å². The average molecular weight is 365 g/mol. The molecule has 3 heterocycles. The summed E-state index contributed by atoms with van der Waals surface area (Å²) in [6.45, 7) is 3.81. The number of piperidine rings is 1. The number of hydrogen-bond acceptors (Lipinski definition) is 6. The number of nitriles is 1. The van der Waals surface area contributed by atoms with E-state index < -0.39 is 5.60 Å². The maximum absolute atomic E-state index is 13.0. The smallest absolute Gasteiger partial charge is 0.310 e. The van der Waals surface area contributed by atoms with Crippen molar-refractivity contribution in [1.82, 2.24) is 15.0 Å². The Morgan fingerprint density at radius 2 is 2.30 bits per heavy atom. The first-order chi connectivity index (χ1) is 13.1. The van der Waals surface area contributed by atoms with Gasteiger partial charge in [0.1, 0.15) is 23.4 Å². The number of carbonyl (C=O) groups excluding carboxylic acids is 1. The zero-order valence-corrected chi connectivity index (χ0v) is 15.4. The average Bonchev–Trinajstić information content (AvgIpc) is 3.47. The fourth-order valence-corrected chi connectivity index (χ4v) is 4.86. The Hall–Kier alpha value is -2.62. The Bertz CT molecular complexity index is 943. The number of nitrogens with zero attached hydrogens (tertiary/aromatic N) is 4. The van der Waals surface area contributed by atoms with E-state index in [0.29, 0.717) is 12.3 Å². The molecule has 140 valence electrons. The van der Waals surface area contributed by atoms with Gasteiger partial charge in [-0.25, -0.2) is 9.97 Å². The van der Waals surface area contributed by atoms with Crippen LogP contribution in [0.25, 0.3) is 11.0 Å². The van der Waals surface area contributed by atoms with Gasteiger partial charge in [-0.1, -0.05) is 6.92 Å². The van der Waals surface area contributed by atoms with E-state index in [0.717, 1.165) is 55.6 Å². The highest BCUT2D eigenvalue weighted by Gasteiger charge is 2.62. The van der Waals surface area contributed by atoms with Gasteiger partial charge in [-0.15, -0.1) is 0 Å². The normalized spacial score (nSPS) is 30.9. The van der Waals surface area contributed by atoms with Crippen LogP contribution in [0, 0.1) is 28.6 Å². The van der Waals surface area contributed by atoms with Gasteiger partial charge in [0.2, 0.25) is 0 Å². The van der Waals surface area contributed by atoms with Crippen LogP contribution in [0.4, 0.5) is 5.82 Å². The molecule has 7 heteroatoms. The molecule has 0 radical (unpaired) electrons. The van der Waals surface area contributed by atoms with E-state index in [1.54, 1.807) is 6.33 Å². The Morgan fingerprint density at radius 3 is 3.00 bits per heavy atom. The predicted molar refractivity (Wildman–Crippen MR) is 98.7 cm³/mol. The van der Waals surface area contributed by atoms with E-state index in [1.807, 2.05) is 12.3 Å². The summed E-state index contributed by atoms with van der Waals surface area (Å²) in [4.78, 5) is 27.2. The lowest BCUT2D eigenvalue weighted by Crippen LogP contribution is -2.47. The molecule has 3 unspecified atom stereocenters. The van der Waals surface area contributed by atoms with Crippen molar-refractivity contribution in [3.63, 3.8) is 0 Å². The van der Waals surface area contributed by atoms with Crippen molar-refractivity contribution in [2.45, 2.75) is 44.6 Å². The quantitative estimate of drug-likeness (QED) is 0.837. The number of H-pyrrole nitrogens is 1. The predicted octanol–water partition coefficient (Wildman–Crippen LogP) is 2.80. The molecule has 3 aliphatic rings. The molecule has 2 aromatic rings. The van der Waals surface area contributed by atoms with Gasteiger partial charge in [0, 0.05) is 24.7 Å². The molecule has 0 aromatic carbocycles. The molecule has 1 spiro atoms. The number of ether oxygens (including phenoxy) is 1. The number of hydrogen-bond donors (Lipinski definition) is 1. The monoisotopic (exact) mass is 365 g/mol. The first kappa shape index (κ1) is 16.5. The standard InChI is InChI=1S/C20H23N5O2/c1-13-10-20(13)11-25(17-14-2-8-22-16(14)23-12-24-17)9-3-15(20)18(26)27-19(4-5-19)6-7-21/h2,8,12-13,15H,3-6,9-11H2,1H3,(H,22,23,24). The molecule has 0 bridgehead atoms. The molecule has 0 amide bonds. The summed E-state index contributed by atoms with van der Waals surface area (Å²) >= 11 is 0. The third-order valence-electron chi connectivity index (χ3n) is 6.82. The molecule has 27 heavy (non-hydrogen) atoms. The highest BCUT2D eigenvalue weighted by Crippen LogP contribution is 2.61. The fraction of sp³-hybridized carbons (Fsp3) is 0.600. The number of carbonyl (C=O) groups is 1. The van der Waals surface area contributed by atoms with E-state index in [-0.39, 0.29) is 17.3 Å². The minimum absolute atomic E-state index is 0.0361. The van der Waals surface area contributed by atoms with Crippen molar-refractivity contribution in [2.75, 3.05) is 18.0 Å². The van der Waals surface area contributed by atoms with Crippen LogP contribution < -0.4 is 4.90 Å². The van der Waals surface area contributed by atoms with Gasteiger partial charge in [-0.3, -0.25) is 4.79 Å². The third kappa shape index (κ3) is 2.58. The summed E-state index contributed by atoms with van der Waals surface area (Å²) in [6.07, 6.45) is 7.23. The molecule has 2 saturated carbocycles. The van der Waals surface area contributed by atoms with Gasteiger partial charge < -0.3 is 14.6 Å². The van der Waals surface area contributed by atoms with Gasteiger partial charge in [0.25, 0.3) is 0 Å². The van der Waals surface area contributed by atoms with Crippen LogP contribution in [0.2, 0.25) is 0 Å². The lowest BCUT2D eigenvalue weighted by Gasteiger charge is -2.39. The molecule has 7 nitrogen and oxygen atoms in total. The number of rotatable bonds is 4. The zero-order valence-electron chi connectivity index (χ0n) is 15.4. The zero-order chi connectivity index (χ0) is 18.6. The topological polar surface area (TPSA) is 94.9 Å². The molecule has 1 N–H and O–H groups in total. The van der Waals surface area contributed by atoms with Gasteiger partial charge in [0.05, 0.1) is 23.8 Å². The van der Waals surface area contributed by atoms with Crippen LogP contribution in [0.3, 0.4) is 0 Å². The van der Waals surface area contributed by atoms with Crippen molar-refractivity contribution >= 4 is 22.8 Å². The van der Waals surface area contributed by atoms with Crippen LogP contribution in [0.5, 0.6) is 0 Å². The van der Waals surface area contributed by atoms with Crippen molar-refractivity contribution in [3.05, 3.63) is 18.6 Å². The van der Waals surface area contributed by atoms with Crippen LogP contribution in [0.1, 0.15) is 39.0 Å². The first-order valence-corrected chi connectivity index (χ1v) is 9.70. The van der Waals surface area contributed by atoms with Crippen LogP contribution in [-0.4, -0.2) is 39.6 Å². The van der Waals surface area contributed by atoms with Gasteiger partial charge in [-0.05, 0) is 37.7 Å². The number of aromatic nitrogens is 3. The van der Waals surface area contributed by atoms with Crippen LogP contribution >= 0.6 is 0 Å². The van der Waals surface area contributed by atoms with Crippen molar-refractivity contribution in [3.8, 4) is 6.07 Å². The number of esters is 1. The highest BCUT2D eigenvalue weighted by molar-refractivity contribution is 5.87. The Balaban J connectivity index is 1.37. The summed E-state index contributed by atoms with van der Waals surface area (Å²) in [5, 5.41) is 10.0. The molecule has 1 saturated heterocycles. The van der Waals surface area contributed by atoms with E-state index in [4.69, 9.17) is 10.00 Å². The van der Waals surface area contributed by atoms with Crippen molar-refractivity contribution in [1.29, 1.82) is 5.26 Å². The van der Waals surface area contributed by atoms with Crippen LogP contribution in [0.15, 0.2) is 18.6 Å². The molecular weight excluding hydrogens is 342 g/mol. The minimum Gasteiger partial charge on any atom is -0.458 e. The fourth-order valence-electron chi connectivity index (χ4n) is 4.86. The summed E-state index contributed by atoms with van der Waals surface area (Å²) in [5.41, 5.74) is 0.310. The lowest BCUT2D eigenvalue weighted by molar-refractivity contribution is -0.159. The summed E-state index contributed by atoms with van der Waals surface area (Å²) < 4.78 is 5.84. The van der Waals surface area contributed by atoms with E-state index >= 15 is 0 Å². The Kier molecular flexibility index (Phi) is 3.48. The second kappa shape index (κ2) is 5.69. The lowest BCUT2D eigenvalue weighted by atomic mass is 9.80. The SMILES string of the molecule is CC1CC12CN(c1ncnc3[nH]ccc13)CCC2C(=O)OC1(CC#N)CC1. The van der Waals surface area contributed by atoms with E-state index in [9.17, 15) is 4.79 Å². The maximum Gasteiger partial charge on any atom is 0.310 e. The Labute approximate surface area is 157 Å². The third-order valence-corrected chi connectivity index (χ3v) is 6.82. The largest absolute Gasteiger partial charge is 0.458 e. The second-order valence-electron chi connectivity index (χ2n) is 8.48. The molecule has 2 aromatic heterocycles. The summed E-state index contributed by atoms with van der Waals surface area (Å²) in [7, 11) is 0. The van der Waals surface area contributed by atoms with Gasteiger partial charge >= 0.3 is 5.97 Å². The molecule has 3 fully saturated rings. The summed E-state index contributed by atoms with van der Waals surface area (Å²) in [6, 6.07) is 4.17. The highest BCUT2D eigenvalue weighted by atomic mass is 16.6. The van der Waals surface area contributed by atoms with Crippen molar-refractivity contribution < 1.29 is 9.53 Å². The van der Waals surface area contributed by atoms with E-state index in [1.165, 1.54) is 0 Å². The van der Waals surface area contributed by atoms with Gasteiger partial charge in [-0.2, -0.15) is 5.26 Å². The molecule has 2 aliphatic carbocycles. The molecule has 1 aliphatic heterocycles. The number of anilines is 1. The van der Waals surface area contributed by atoms with Crippen molar-refractivity contribution in [2.24, 2.45) is 17.3 Å². The number of aromatic amines is 1. The van der Waals surface area contributed by atoms with Crippen LogP contribution in [-0.2, 0) is 9.53 Å².